The Morgan fingerprint density at radius 2 is 1.94 bits per heavy atom. The van der Waals surface area contributed by atoms with Gasteiger partial charge in [-0.3, -0.25) is 9.59 Å². The van der Waals surface area contributed by atoms with Crippen LogP contribution in [0.3, 0.4) is 0 Å². The van der Waals surface area contributed by atoms with E-state index in [9.17, 15) is 18.0 Å². The van der Waals surface area contributed by atoms with Crippen LogP contribution in [0.15, 0.2) is 60.0 Å². The molecule has 2 N–H and O–H groups in total. The van der Waals surface area contributed by atoms with Crippen molar-refractivity contribution in [1.82, 2.24) is 20.3 Å². The van der Waals surface area contributed by atoms with Crippen LogP contribution in [0.4, 0.5) is 0 Å². The number of hydrazone groups is 1. The van der Waals surface area contributed by atoms with Crippen molar-refractivity contribution >= 4 is 38.4 Å². The zero-order chi connectivity index (χ0) is 23.0. The summed E-state index contributed by atoms with van der Waals surface area (Å²) >= 11 is 0. The smallest absolute Gasteiger partial charge is 0.268 e. The van der Waals surface area contributed by atoms with Crippen LogP contribution in [0.25, 0.3) is 11.0 Å². The Morgan fingerprint density at radius 1 is 1.12 bits per heavy atom. The van der Waals surface area contributed by atoms with Gasteiger partial charge in [-0.1, -0.05) is 36.4 Å². The molecule has 5 rings (SSSR count). The lowest BCUT2D eigenvalue weighted by atomic mass is 9.97. The van der Waals surface area contributed by atoms with Crippen molar-refractivity contribution in [2.75, 3.05) is 11.5 Å². The number of carbonyl (C=O) groups is 2. The second-order valence-electron chi connectivity index (χ2n) is 8.34. The fourth-order valence-corrected chi connectivity index (χ4v) is 6.03. The van der Waals surface area contributed by atoms with Crippen LogP contribution in [0.5, 0.6) is 0 Å². The lowest BCUT2D eigenvalue weighted by Gasteiger charge is -2.28. The molecule has 0 radical (unpaired) electrons. The number of hydrogen-bond donors (Lipinski definition) is 2. The predicted octanol–water partition coefficient (Wildman–Crippen LogP) is 1.93. The van der Waals surface area contributed by atoms with Gasteiger partial charge in [-0.2, -0.15) is 5.10 Å². The number of fused-ring (bicyclic) bond motifs is 1. The second kappa shape index (κ2) is 8.43. The summed E-state index contributed by atoms with van der Waals surface area (Å²) in [4.78, 5) is 33.0. The number of carbonyl (C=O) groups excluding carboxylic acids is 2. The molecule has 3 heterocycles. The van der Waals surface area contributed by atoms with Crippen molar-refractivity contribution in [2.45, 2.75) is 31.3 Å². The van der Waals surface area contributed by atoms with Crippen molar-refractivity contribution in [1.29, 1.82) is 0 Å². The first kappa shape index (κ1) is 21.3. The quantitative estimate of drug-likeness (QED) is 0.596. The molecule has 2 aromatic carbocycles. The standard InChI is InChI=1S/C23H23N5O4S/c29-21-9-8-19(27-28(21)17-10-11-33(31,32)13-17)23(30)26-22(15-4-2-1-3-5-15)16-6-7-18-20(12-16)25-14-24-18/h1-7,12,14,17,22H,8-11,13H2,(H,24,25)(H,26,30). The summed E-state index contributed by atoms with van der Waals surface area (Å²) in [6.07, 6.45) is 2.29. The minimum absolute atomic E-state index is 0.0324. The molecule has 0 saturated carbocycles. The van der Waals surface area contributed by atoms with Crippen LogP contribution in [0, 0.1) is 0 Å². The van der Waals surface area contributed by atoms with Crippen LogP contribution < -0.4 is 5.32 Å². The number of nitrogens with one attached hydrogen (secondary N) is 2. The Balaban J connectivity index is 1.43. The molecule has 2 unspecified atom stereocenters. The molecule has 1 saturated heterocycles. The zero-order valence-corrected chi connectivity index (χ0v) is 18.6. The number of sulfone groups is 1. The lowest BCUT2D eigenvalue weighted by molar-refractivity contribution is -0.133. The summed E-state index contributed by atoms with van der Waals surface area (Å²) in [5.41, 5.74) is 3.68. The van der Waals surface area contributed by atoms with Crippen molar-refractivity contribution in [3.8, 4) is 0 Å². The monoisotopic (exact) mass is 465 g/mol. The van der Waals surface area contributed by atoms with Gasteiger partial charge in [-0.15, -0.1) is 0 Å². The van der Waals surface area contributed by atoms with Gasteiger partial charge in [0.1, 0.15) is 5.71 Å². The highest BCUT2D eigenvalue weighted by molar-refractivity contribution is 7.91. The van der Waals surface area contributed by atoms with Crippen LogP contribution in [-0.2, 0) is 19.4 Å². The van der Waals surface area contributed by atoms with E-state index in [4.69, 9.17) is 0 Å². The molecule has 10 heteroatoms. The molecule has 2 aliphatic rings. The third kappa shape index (κ3) is 4.38. The SMILES string of the molecule is O=C(NC(c1ccccc1)c1ccc2nc[nH]c2c1)C1=NN(C2CCS(=O)(=O)C2)C(=O)CC1. The first-order valence-electron chi connectivity index (χ1n) is 10.8. The van der Waals surface area contributed by atoms with E-state index in [1.165, 1.54) is 5.01 Å². The summed E-state index contributed by atoms with van der Waals surface area (Å²) in [6, 6.07) is 14.4. The molecule has 3 aromatic rings. The fourth-order valence-electron chi connectivity index (χ4n) is 4.34. The van der Waals surface area contributed by atoms with E-state index in [1.54, 1.807) is 6.33 Å². The van der Waals surface area contributed by atoms with E-state index < -0.39 is 21.9 Å². The van der Waals surface area contributed by atoms with Gasteiger partial charge in [0.2, 0.25) is 5.91 Å². The summed E-state index contributed by atoms with van der Waals surface area (Å²) in [7, 11) is -3.18. The molecule has 2 amide bonds. The second-order valence-corrected chi connectivity index (χ2v) is 10.6. The molecular formula is C23H23N5O4S. The first-order chi connectivity index (χ1) is 15.9. The molecule has 2 aliphatic heterocycles. The van der Waals surface area contributed by atoms with Crippen molar-refractivity contribution in [2.24, 2.45) is 5.10 Å². The summed E-state index contributed by atoms with van der Waals surface area (Å²) in [5.74, 6) is -0.719. The Bertz CT molecular complexity index is 1350. The van der Waals surface area contributed by atoms with Crippen LogP contribution in [0.1, 0.15) is 36.4 Å². The zero-order valence-electron chi connectivity index (χ0n) is 17.8. The lowest BCUT2D eigenvalue weighted by Crippen LogP contribution is -2.44. The third-order valence-corrected chi connectivity index (χ3v) is 7.81. The predicted molar refractivity (Wildman–Crippen MR) is 123 cm³/mol. The highest BCUT2D eigenvalue weighted by atomic mass is 32.2. The summed E-state index contributed by atoms with van der Waals surface area (Å²) in [5, 5.41) is 8.56. The number of nitrogens with zero attached hydrogens (tertiary/aromatic N) is 3. The van der Waals surface area contributed by atoms with Gasteiger partial charge < -0.3 is 10.3 Å². The number of hydrogen-bond acceptors (Lipinski definition) is 6. The van der Waals surface area contributed by atoms with Crippen LogP contribution >= 0.6 is 0 Å². The molecule has 9 nitrogen and oxygen atoms in total. The van der Waals surface area contributed by atoms with E-state index in [-0.39, 0.29) is 41.9 Å². The van der Waals surface area contributed by atoms with Crippen LogP contribution in [-0.4, -0.2) is 58.5 Å². The Morgan fingerprint density at radius 3 is 2.70 bits per heavy atom. The molecule has 1 fully saturated rings. The molecular weight excluding hydrogens is 442 g/mol. The van der Waals surface area contributed by atoms with E-state index in [0.29, 0.717) is 6.42 Å². The minimum Gasteiger partial charge on any atom is -0.345 e. The van der Waals surface area contributed by atoms with Gasteiger partial charge in [0, 0.05) is 12.8 Å². The summed E-state index contributed by atoms with van der Waals surface area (Å²) in [6.45, 7) is 0. The minimum atomic E-state index is -3.18. The molecule has 0 spiro atoms. The number of imidazole rings is 1. The molecule has 0 aliphatic carbocycles. The van der Waals surface area contributed by atoms with Gasteiger partial charge in [-0.25, -0.2) is 18.4 Å². The number of benzene rings is 2. The van der Waals surface area contributed by atoms with E-state index >= 15 is 0 Å². The summed E-state index contributed by atoms with van der Waals surface area (Å²) < 4.78 is 23.7. The molecule has 1 aromatic heterocycles. The van der Waals surface area contributed by atoms with Gasteiger partial charge in [0.05, 0.1) is 41.0 Å². The molecule has 33 heavy (non-hydrogen) atoms. The third-order valence-electron chi connectivity index (χ3n) is 6.06. The highest BCUT2D eigenvalue weighted by Gasteiger charge is 2.37. The van der Waals surface area contributed by atoms with E-state index in [2.05, 4.69) is 20.4 Å². The molecule has 2 atom stereocenters. The van der Waals surface area contributed by atoms with E-state index in [1.807, 2.05) is 48.5 Å². The first-order valence-corrected chi connectivity index (χ1v) is 12.6. The molecule has 0 bridgehead atoms. The van der Waals surface area contributed by atoms with Gasteiger partial charge in [0.25, 0.3) is 5.91 Å². The van der Waals surface area contributed by atoms with Crippen LogP contribution in [0.2, 0.25) is 0 Å². The maximum atomic E-state index is 13.2. The Labute approximate surface area is 190 Å². The Kier molecular flexibility index (Phi) is 5.45. The number of amides is 2. The van der Waals surface area contributed by atoms with E-state index in [0.717, 1.165) is 22.2 Å². The largest absolute Gasteiger partial charge is 0.345 e. The fraction of sp³-hybridized carbons (Fsp3) is 0.304. The molecule has 170 valence electrons. The van der Waals surface area contributed by atoms with Gasteiger partial charge >= 0.3 is 0 Å². The average Bonchev–Trinajstić information content (AvgIpc) is 3.43. The topological polar surface area (TPSA) is 125 Å². The van der Waals surface area contributed by atoms with Crippen molar-refractivity contribution < 1.29 is 18.0 Å². The van der Waals surface area contributed by atoms with Crippen molar-refractivity contribution in [3.05, 3.63) is 66.0 Å². The maximum Gasteiger partial charge on any atom is 0.268 e. The van der Waals surface area contributed by atoms with Gasteiger partial charge in [0.15, 0.2) is 9.84 Å². The number of H-pyrrole nitrogens is 1. The number of rotatable bonds is 5. The highest BCUT2D eigenvalue weighted by Crippen LogP contribution is 2.26. The average molecular weight is 466 g/mol. The normalized spacial score (nSPS) is 21.1. The van der Waals surface area contributed by atoms with Gasteiger partial charge in [-0.05, 0) is 29.7 Å². The Hall–Kier alpha value is -3.53. The maximum absolute atomic E-state index is 13.2. The van der Waals surface area contributed by atoms with Crippen molar-refractivity contribution in [3.63, 3.8) is 0 Å². The number of aromatic amines is 1. The number of aromatic nitrogens is 2.